The summed E-state index contributed by atoms with van der Waals surface area (Å²) in [5.41, 5.74) is 4.20. The second kappa shape index (κ2) is 6.94. The fourth-order valence-electron chi connectivity index (χ4n) is 3.14. The predicted octanol–water partition coefficient (Wildman–Crippen LogP) is 4.67. The topological polar surface area (TPSA) is 21.3 Å². The lowest BCUT2D eigenvalue weighted by molar-refractivity contribution is 0.172. The predicted molar refractivity (Wildman–Crippen MR) is 98.8 cm³/mol. The van der Waals surface area contributed by atoms with Crippen LogP contribution in [0.25, 0.3) is 0 Å². The van der Waals surface area contributed by atoms with Gasteiger partial charge in [-0.1, -0.05) is 57.2 Å². The standard InChI is InChI=1S/C20H25NO.ClH/c1-20(2,3)15-9-11-16(12-10-15)22-19-17-8-6-5-7-14(17)13-18(19)21-4;/h5-12,18-19,21H,13H2,1-4H3;1H/t18-,19+;/m0./s1. The van der Waals surface area contributed by atoms with Crippen molar-refractivity contribution in [3.8, 4) is 5.75 Å². The van der Waals surface area contributed by atoms with Crippen LogP contribution in [0.2, 0.25) is 0 Å². The monoisotopic (exact) mass is 331 g/mol. The van der Waals surface area contributed by atoms with E-state index in [9.17, 15) is 0 Å². The first-order valence-electron chi connectivity index (χ1n) is 8.01. The highest BCUT2D eigenvalue weighted by Crippen LogP contribution is 2.35. The molecule has 124 valence electrons. The number of likely N-dealkylation sites (N-methyl/N-ethyl adjacent to an activating group) is 1. The van der Waals surface area contributed by atoms with E-state index in [0.717, 1.165) is 12.2 Å². The number of hydrogen-bond acceptors (Lipinski definition) is 2. The first kappa shape index (κ1) is 17.8. The molecule has 1 aliphatic carbocycles. The zero-order valence-corrected chi connectivity index (χ0v) is 15.1. The van der Waals surface area contributed by atoms with Gasteiger partial charge in [0.05, 0.1) is 6.04 Å². The Labute approximate surface area is 145 Å². The van der Waals surface area contributed by atoms with Crippen molar-refractivity contribution < 1.29 is 4.74 Å². The molecule has 0 spiro atoms. The zero-order chi connectivity index (χ0) is 15.7. The second-order valence-corrected chi connectivity index (χ2v) is 7.11. The minimum atomic E-state index is 0. The van der Waals surface area contributed by atoms with Crippen molar-refractivity contribution in [2.45, 2.75) is 44.8 Å². The van der Waals surface area contributed by atoms with Crippen molar-refractivity contribution in [2.75, 3.05) is 7.05 Å². The van der Waals surface area contributed by atoms with E-state index < -0.39 is 0 Å². The molecule has 0 fully saturated rings. The van der Waals surface area contributed by atoms with Gasteiger partial charge in [-0.2, -0.15) is 0 Å². The molecule has 0 aliphatic heterocycles. The molecule has 2 atom stereocenters. The fraction of sp³-hybridized carbons (Fsp3) is 0.400. The average Bonchev–Trinajstić information content (AvgIpc) is 2.85. The van der Waals surface area contributed by atoms with E-state index in [1.54, 1.807) is 0 Å². The van der Waals surface area contributed by atoms with Gasteiger partial charge < -0.3 is 10.1 Å². The summed E-state index contributed by atoms with van der Waals surface area (Å²) < 4.78 is 6.31. The molecule has 3 heteroatoms. The number of nitrogens with one attached hydrogen (secondary N) is 1. The Bertz CT molecular complexity index is 645. The van der Waals surface area contributed by atoms with Crippen LogP contribution in [0.1, 0.15) is 43.6 Å². The van der Waals surface area contributed by atoms with Crippen molar-refractivity contribution in [1.29, 1.82) is 0 Å². The van der Waals surface area contributed by atoms with Gasteiger partial charge in [-0.3, -0.25) is 0 Å². The maximum absolute atomic E-state index is 6.31. The number of fused-ring (bicyclic) bond motifs is 1. The highest BCUT2D eigenvalue weighted by Gasteiger charge is 2.32. The first-order valence-corrected chi connectivity index (χ1v) is 8.01. The van der Waals surface area contributed by atoms with Crippen LogP contribution in [0.5, 0.6) is 5.75 Å². The van der Waals surface area contributed by atoms with Gasteiger partial charge in [0.2, 0.25) is 0 Å². The first-order chi connectivity index (χ1) is 10.5. The molecule has 0 saturated heterocycles. The fourth-order valence-corrected chi connectivity index (χ4v) is 3.14. The number of rotatable bonds is 3. The van der Waals surface area contributed by atoms with E-state index in [-0.39, 0.29) is 23.9 Å². The Morgan fingerprint density at radius 2 is 1.65 bits per heavy atom. The maximum Gasteiger partial charge on any atom is 0.140 e. The van der Waals surface area contributed by atoms with Crippen molar-refractivity contribution in [3.63, 3.8) is 0 Å². The van der Waals surface area contributed by atoms with Crippen LogP contribution < -0.4 is 10.1 Å². The van der Waals surface area contributed by atoms with Crippen LogP contribution in [0.15, 0.2) is 48.5 Å². The van der Waals surface area contributed by atoms with Crippen LogP contribution in [0, 0.1) is 0 Å². The molecular weight excluding hydrogens is 306 g/mol. The van der Waals surface area contributed by atoms with Crippen LogP contribution in [0.3, 0.4) is 0 Å². The van der Waals surface area contributed by atoms with E-state index >= 15 is 0 Å². The van der Waals surface area contributed by atoms with Crippen LogP contribution in [0.4, 0.5) is 0 Å². The smallest absolute Gasteiger partial charge is 0.140 e. The van der Waals surface area contributed by atoms with Crippen molar-refractivity contribution in [2.24, 2.45) is 0 Å². The largest absolute Gasteiger partial charge is 0.484 e. The Kier molecular flexibility index (Phi) is 5.38. The molecule has 0 saturated carbocycles. The van der Waals surface area contributed by atoms with Gasteiger partial charge in [0.25, 0.3) is 0 Å². The third-order valence-corrected chi connectivity index (χ3v) is 4.52. The number of halogens is 1. The van der Waals surface area contributed by atoms with Crippen LogP contribution in [-0.2, 0) is 11.8 Å². The summed E-state index contributed by atoms with van der Waals surface area (Å²) in [5.74, 6) is 0.940. The molecule has 0 heterocycles. The summed E-state index contributed by atoms with van der Waals surface area (Å²) >= 11 is 0. The molecule has 2 nitrogen and oxygen atoms in total. The summed E-state index contributed by atoms with van der Waals surface area (Å²) in [5, 5.41) is 3.39. The Morgan fingerprint density at radius 3 is 2.26 bits per heavy atom. The lowest BCUT2D eigenvalue weighted by atomic mass is 9.87. The van der Waals surface area contributed by atoms with E-state index in [1.807, 2.05) is 7.05 Å². The number of hydrogen-bond donors (Lipinski definition) is 1. The highest BCUT2D eigenvalue weighted by atomic mass is 35.5. The SMILES string of the molecule is CN[C@H]1Cc2ccccc2[C@H]1Oc1ccc(C(C)(C)C)cc1.Cl. The van der Waals surface area contributed by atoms with E-state index in [0.29, 0.717) is 6.04 Å². The molecule has 0 amide bonds. The molecule has 3 rings (SSSR count). The minimum Gasteiger partial charge on any atom is -0.484 e. The minimum absolute atomic E-state index is 0. The molecular formula is C20H26ClNO. The van der Waals surface area contributed by atoms with Crippen LogP contribution >= 0.6 is 12.4 Å². The molecule has 1 N–H and O–H groups in total. The normalized spacial score (nSPS) is 19.8. The van der Waals surface area contributed by atoms with Gasteiger partial charge in [0, 0.05) is 0 Å². The van der Waals surface area contributed by atoms with E-state index in [2.05, 4.69) is 74.6 Å². The molecule has 0 aromatic heterocycles. The third kappa shape index (κ3) is 3.70. The summed E-state index contributed by atoms with van der Waals surface area (Å²) in [7, 11) is 2.01. The van der Waals surface area contributed by atoms with Gasteiger partial charge >= 0.3 is 0 Å². The zero-order valence-electron chi connectivity index (χ0n) is 14.3. The quantitative estimate of drug-likeness (QED) is 0.882. The molecule has 0 bridgehead atoms. The van der Waals surface area contributed by atoms with Crippen molar-refractivity contribution >= 4 is 12.4 Å². The Balaban J connectivity index is 0.00000192. The summed E-state index contributed by atoms with van der Waals surface area (Å²) in [6.45, 7) is 6.69. The molecule has 0 unspecified atom stereocenters. The number of ether oxygens (including phenoxy) is 1. The van der Waals surface area contributed by atoms with Crippen LogP contribution in [-0.4, -0.2) is 13.1 Å². The highest BCUT2D eigenvalue weighted by molar-refractivity contribution is 5.85. The Hall–Kier alpha value is -1.51. The number of benzene rings is 2. The van der Waals surface area contributed by atoms with Gasteiger partial charge in [0.1, 0.15) is 11.9 Å². The summed E-state index contributed by atoms with van der Waals surface area (Å²) in [6, 6.07) is 17.4. The summed E-state index contributed by atoms with van der Waals surface area (Å²) in [4.78, 5) is 0. The lowest BCUT2D eigenvalue weighted by Gasteiger charge is -2.23. The van der Waals surface area contributed by atoms with Gasteiger partial charge in [-0.15, -0.1) is 12.4 Å². The maximum atomic E-state index is 6.31. The molecule has 23 heavy (non-hydrogen) atoms. The van der Waals surface area contributed by atoms with Gasteiger partial charge in [0.15, 0.2) is 0 Å². The Morgan fingerprint density at radius 1 is 1.00 bits per heavy atom. The molecule has 1 aliphatic rings. The molecule has 2 aromatic carbocycles. The second-order valence-electron chi connectivity index (χ2n) is 7.11. The molecule has 0 radical (unpaired) electrons. The van der Waals surface area contributed by atoms with Crippen molar-refractivity contribution in [1.82, 2.24) is 5.32 Å². The summed E-state index contributed by atoms with van der Waals surface area (Å²) in [6.07, 6.45) is 1.11. The van der Waals surface area contributed by atoms with E-state index in [1.165, 1.54) is 16.7 Å². The van der Waals surface area contributed by atoms with E-state index in [4.69, 9.17) is 4.74 Å². The molecule has 2 aromatic rings. The van der Waals surface area contributed by atoms with Crippen molar-refractivity contribution in [3.05, 3.63) is 65.2 Å². The lowest BCUT2D eigenvalue weighted by Crippen LogP contribution is -2.32. The third-order valence-electron chi connectivity index (χ3n) is 4.52. The average molecular weight is 332 g/mol. The van der Waals surface area contributed by atoms with Gasteiger partial charge in [-0.05, 0) is 47.7 Å². The van der Waals surface area contributed by atoms with Gasteiger partial charge in [-0.25, -0.2) is 0 Å².